The monoisotopic (exact) mass is 538 g/mol. The Morgan fingerprint density at radius 3 is 2.58 bits per heavy atom. The number of benzene rings is 1. The lowest BCUT2D eigenvalue weighted by Crippen LogP contribution is -2.63. The Bertz CT molecular complexity index is 1540. The second kappa shape index (κ2) is 10.6. The quantitative estimate of drug-likeness (QED) is 0.365. The number of aromatic nitrogens is 5. The molecule has 0 bridgehead atoms. The molecule has 0 aliphatic carbocycles. The molecule has 3 aromatic heterocycles. The number of nitrogens with zero attached hydrogens (tertiary/aromatic N) is 9. The fraction of sp³-hybridized carbons (Fsp3) is 0.414. The first-order valence-electron chi connectivity index (χ1n) is 13.8. The lowest BCUT2D eigenvalue weighted by atomic mass is 9.86. The van der Waals surface area contributed by atoms with Gasteiger partial charge < -0.3 is 20.0 Å². The molecule has 2 fully saturated rings. The topological polar surface area (TPSA) is 111 Å². The van der Waals surface area contributed by atoms with E-state index >= 15 is 0 Å². The van der Waals surface area contributed by atoms with Gasteiger partial charge in [-0.05, 0) is 48.9 Å². The molecule has 0 atom stereocenters. The minimum atomic E-state index is -0.344. The molecule has 11 nitrogen and oxygen atoms in total. The molecule has 206 valence electrons. The average Bonchev–Trinajstić information content (AvgIpc) is 3.59. The SMILES string of the molecule is CCc1cnn(C2(CC#N)CN(c3cccn4nc(Nc5ccc(CC(=O)N6CCN(C)CC6)cc5)nc34)C2)c1. The number of pyridine rings is 1. The van der Waals surface area contributed by atoms with Gasteiger partial charge in [0.05, 0.1) is 30.8 Å². The fourth-order valence-corrected chi connectivity index (χ4v) is 5.49. The molecule has 0 radical (unpaired) electrons. The molecular weight excluding hydrogens is 504 g/mol. The third-order valence-electron chi connectivity index (χ3n) is 8.01. The van der Waals surface area contributed by atoms with Crippen molar-refractivity contribution in [1.29, 1.82) is 5.26 Å². The maximum Gasteiger partial charge on any atom is 0.247 e. The van der Waals surface area contributed by atoms with E-state index < -0.39 is 0 Å². The van der Waals surface area contributed by atoms with Gasteiger partial charge in [0.15, 0.2) is 5.65 Å². The van der Waals surface area contributed by atoms with Crippen molar-refractivity contribution in [2.24, 2.45) is 0 Å². The first-order chi connectivity index (χ1) is 19.5. The highest BCUT2D eigenvalue weighted by molar-refractivity contribution is 5.79. The Kier molecular flexibility index (Phi) is 6.86. The van der Waals surface area contributed by atoms with E-state index in [1.165, 1.54) is 5.56 Å². The first kappa shape index (κ1) is 25.8. The van der Waals surface area contributed by atoms with E-state index in [0.29, 0.717) is 31.9 Å². The summed E-state index contributed by atoms with van der Waals surface area (Å²) in [5, 5.41) is 22.0. The van der Waals surface area contributed by atoms with Crippen LogP contribution in [0, 0.1) is 11.3 Å². The molecule has 6 rings (SSSR count). The second-order valence-corrected chi connectivity index (χ2v) is 10.8. The van der Waals surface area contributed by atoms with Crippen LogP contribution in [0.4, 0.5) is 17.3 Å². The van der Waals surface area contributed by atoms with E-state index in [2.05, 4.69) is 51.6 Å². The lowest BCUT2D eigenvalue weighted by molar-refractivity contribution is -0.132. The predicted octanol–water partition coefficient (Wildman–Crippen LogP) is 2.68. The van der Waals surface area contributed by atoms with E-state index in [0.717, 1.165) is 55.2 Å². The number of nitriles is 1. The summed E-state index contributed by atoms with van der Waals surface area (Å²) in [6, 6.07) is 14.2. The third kappa shape index (κ3) is 4.98. The molecule has 0 spiro atoms. The standard InChI is InChI=1S/C29H34N10O/c1-3-22-18-31-39(19-22)29(10-11-30)20-37(21-29)25-5-4-12-38-27(25)33-28(34-38)32-24-8-6-23(7-9-24)17-26(40)36-15-13-35(2)14-16-36/h4-9,12,18-19H,3,10,13-17,20-21H2,1-2H3,(H,32,34). The maximum atomic E-state index is 12.7. The van der Waals surface area contributed by atoms with Crippen LogP contribution in [0.1, 0.15) is 24.5 Å². The number of hydrogen-bond donors (Lipinski definition) is 1. The summed E-state index contributed by atoms with van der Waals surface area (Å²) in [6.45, 7) is 6.88. The number of hydrogen-bond acceptors (Lipinski definition) is 8. The van der Waals surface area contributed by atoms with Crippen molar-refractivity contribution in [2.45, 2.75) is 31.7 Å². The van der Waals surface area contributed by atoms with Gasteiger partial charge in [-0.3, -0.25) is 9.48 Å². The van der Waals surface area contributed by atoms with Crippen LogP contribution in [-0.4, -0.2) is 86.4 Å². The maximum absolute atomic E-state index is 12.7. The number of nitrogens with one attached hydrogen (secondary N) is 1. The Morgan fingerprint density at radius 2 is 1.88 bits per heavy atom. The molecule has 2 aliphatic rings. The lowest BCUT2D eigenvalue weighted by Gasteiger charge is -2.50. The number of carbonyl (C=O) groups excluding carboxylic acids is 1. The largest absolute Gasteiger partial charge is 0.363 e. The summed E-state index contributed by atoms with van der Waals surface area (Å²) in [5.41, 5.74) is 4.39. The average molecular weight is 539 g/mol. The summed E-state index contributed by atoms with van der Waals surface area (Å²) in [5.74, 6) is 0.670. The molecule has 40 heavy (non-hydrogen) atoms. The van der Waals surface area contributed by atoms with Gasteiger partial charge >= 0.3 is 0 Å². The van der Waals surface area contributed by atoms with Crippen LogP contribution in [-0.2, 0) is 23.2 Å². The van der Waals surface area contributed by atoms with E-state index in [9.17, 15) is 10.1 Å². The smallest absolute Gasteiger partial charge is 0.247 e. The highest BCUT2D eigenvalue weighted by Gasteiger charge is 2.46. The normalized spacial score (nSPS) is 17.0. The molecule has 2 aliphatic heterocycles. The zero-order valence-electron chi connectivity index (χ0n) is 23.0. The number of aryl methyl sites for hydroxylation is 1. The molecule has 0 saturated carbocycles. The summed E-state index contributed by atoms with van der Waals surface area (Å²) >= 11 is 0. The number of rotatable bonds is 8. The molecule has 5 heterocycles. The van der Waals surface area contributed by atoms with Gasteiger partial charge in [0, 0.05) is 57.3 Å². The van der Waals surface area contributed by atoms with Crippen molar-refractivity contribution >= 4 is 28.9 Å². The molecule has 1 aromatic carbocycles. The number of piperazine rings is 1. The molecule has 4 aromatic rings. The van der Waals surface area contributed by atoms with Crippen molar-refractivity contribution in [3.8, 4) is 6.07 Å². The van der Waals surface area contributed by atoms with Gasteiger partial charge in [0.25, 0.3) is 0 Å². The number of fused-ring (bicyclic) bond motifs is 1. The highest BCUT2D eigenvalue weighted by atomic mass is 16.2. The number of anilines is 3. The molecule has 11 heteroatoms. The number of carbonyl (C=O) groups is 1. The summed E-state index contributed by atoms with van der Waals surface area (Å²) < 4.78 is 3.74. The van der Waals surface area contributed by atoms with Crippen molar-refractivity contribution in [1.82, 2.24) is 34.2 Å². The fourth-order valence-electron chi connectivity index (χ4n) is 5.49. The predicted molar refractivity (Wildman–Crippen MR) is 153 cm³/mol. The minimum Gasteiger partial charge on any atom is -0.363 e. The van der Waals surface area contributed by atoms with Crippen LogP contribution >= 0.6 is 0 Å². The van der Waals surface area contributed by atoms with Crippen LogP contribution in [0.2, 0.25) is 0 Å². The third-order valence-corrected chi connectivity index (χ3v) is 8.01. The number of amides is 1. The van der Waals surface area contributed by atoms with Gasteiger partial charge in [-0.15, -0.1) is 5.10 Å². The Hall–Kier alpha value is -4.43. The van der Waals surface area contributed by atoms with Crippen LogP contribution in [0.15, 0.2) is 55.0 Å². The van der Waals surface area contributed by atoms with Crippen molar-refractivity contribution in [3.63, 3.8) is 0 Å². The molecule has 2 saturated heterocycles. The second-order valence-electron chi connectivity index (χ2n) is 10.8. The highest BCUT2D eigenvalue weighted by Crippen LogP contribution is 2.37. The Labute approximate surface area is 233 Å². The van der Waals surface area contributed by atoms with Crippen molar-refractivity contribution < 1.29 is 4.79 Å². The summed E-state index contributed by atoms with van der Waals surface area (Å²) in [7, 11) is 2.09. The number of likely N-dealkylation sites (N-methyl/N-ethyl adjacent to an activating group) is 1. The Balaban J connectivity index is 1.13. The van der Waals surface area contributed by atoms with E-state index in [1.807, 2.05) is 58.4 Å². The van der Waals surface area contributed by atoms with Gasteiger partial charge in [-0.25, -0.2) is 4.52 Å². The zero-order valence-corrected chi connectivity index (χ0v) is 23.0. The molecular formula is C29H34N10O. The van der Waals surface area contributed by atoms with Crippen LogP contribution in [0.25, 0.3) is 5.65 Å². The summed E-state index contributed by atoms with van der Waals surface area (Å²) in [6.07, 6.45) is 7.54. The van der Waals surface area contributed by atoms with Crippen molar-refractivity contribution in [3.05, 3.63) is 66.1 Å². The minimum absolute atomic E-state index is 0.173. The van der Waals surface area contributed by atoms with Gasteiger partial charge in [0.1, 0.15) is 5.54 Å². The van der Waals surface area contributed by atoms with E-state index in [1.54, 1.807) is 4.52 Å². The van der Waals surface area contributed by atoms with Crippen LogP contribution < -0.4 is 10.2 Å². The zero-order chi connectivity index (χ0) is 27.7. The van der Waals surface area contributed by atoms with Gasteiger partial charge in [-0.2, -0.15) is 15.3 Å². The first-order valence-corrected chi connectivity index (χ1v) is 13.8. The van der Waals surface area contributed by atoms with E-state index in [4.69, 9.17) is 4.98 Å². The molecule has 0 unspecified atom stereocenters. The Morgan fingerprint density at radius 1 is 1.10 bits per heavy atom. The molecule has 1 amide bonds. The van der Waals surface area contributed by atoms with Gasteiger partial charge in [0.2, 0.25) is 11.9 Å². The van der Waals surface area contributed by atoms with E-state index in [-0.39, 0.29) is 11.4 Å². The van der Waals surface area contributed by atoms with Gasteiger partial charge in [-0.1, -0.05) is 19.1 Å². The van der Waals surface area contributed by atoms with Crippen LogP contribution in [0.3, 0.4) is 0 Å². The van der Waals surface area contributed by atoms with Crippen molar-refractivity contribution in [2.75, 3.05) is 56.5 Å². The summed E-state index contributed by atoms with van der Waals surface area (Å²) in [4.78, 5) is 23.9. The molecule has 1 N–H and O–H groups in total. The van der Waals surface area contributed by atoms with Crippen LogP contribution in [0.5, 0.6) is 0 Å².